The standard InChI is InChI=1S/C19H19N3O2/c1-23-17-10-9-14(12-15(17)16-8-4-5-11-20-16)19-21-18(22-24-19)13-6-2-3-7-13/h4-5,8-13H,2-3,6-7H2,1H3. The third-order valence-electron chi connectivity index (χ3n) is 4.55. The number of ether oxygens (including phenoxy) is 1. The third kappa shape index (κ3) is 2.77. The van der Waals surface area contributed by atoms with Crippen LogP contribution in [0.1, 0.15) is 37.4 Å². The van der Waals surface area contributed by atoms with E-state index in [4.69, 9.17) is 9.26 Å². The van der Waals surface area contributed by atoms with Crippen LogP contribution in [0.25, 0.3) is 22.7 Å². The summed E-state index contributed by atoms with van der Waals surface area (Å²) in [4.78, 5) is 9.03. The summed E-state index contributed by atoms with van der Waals surface area (Å²) in [6.45, 7) is 0. The lowest BCUT2D eigenvalue weighted by molar-refractivity contribution is 0.413. The van der Waals surface area contributed by atoms with Gasteiger partial charge in [0.1, 0.15) is 5.75 Å². The predicted molar refractivity (Wildman–Crippen MR) is 90.7 cm³/mol. The minimum Gasteiger partial charge on any atom is -0.496 e. The van der Waals surface area contributed by atoms with Crippen molar-refractivity contribution in [3.05, 3.63) is 48.4 Å². The molecule has 0 saturated heterocycles. The first-order valence-electron chi connectivity index (χ1n) is 8.28. The Kier molecular flexibility index (Phi) is 3.99. The topological polar surface area (TPSA) is 61.0 Å². The summed E-state index contributed by atoms with van der Waals surface area (Å²) in [6.07, 6.45) is 6.58. The monoisotopic (exact) mass is 321 g/mol. The maximum atomic E-state index is 5.51. The Balaban J connectivity index is 1.71. The molecular formula is C19H19N3O2. The highest BCUT2D eigenvalue weighted by Crippen LogP contribution is 2.35. The van der Waals surface area contributed by atoms with E-state index in [1.165, 1.54) is 12.8 Å². The molecule has 0 amide bonds. The quantitative estimate of drug-likeness (QED) is 0.709. The Morgan fingerprint density at radius 1 is 1.12 bits per heavy atom. The molecule has 122 valence electrons. The number of pyridine rings is 1. The van der Waals surface area contributed by atoms with Crippen molar-refractivity contribution in [2.75, 3.05) is 7.11 Å². The van der Waals surface area contributed by atoms with Crippen LogP contribution in [0.15, 0.2) is 47.1 Å². The highest BCUT2D eigenvalue weighted by molar-refractivity contribution is 5.73. The molecule has 0 unspecified atom stereocenters. The second-order valence-electron chi connectivity index (χ2n) is 6.07. The zero-order valence-corrected chi connectivity index (χ0v) is 13.6. The minimum absolute atomic E-state index is 0.441. The van der Waals surface area contributed by atoms with Crippen LogP contribution in [0.3, 0.4) is 0 Å². The van der Waals surface area contributed by atoms with E-state index in [2.05, 4.69) is 15.1 Å². The summed E-state index contributed by atoms with van der Waals surface area (Å²) in [6, 6.07) is 11.7. The van der Waals surface area contributed by atoms with Crippen LogP contribution in [0.5, 0.6) is 5.75 Å². The van der Waals surface area contributed by atoms with Crippen molar-refractivity contribution in [1.82, 2.24) is 15.1 Å². The Morgan fingerprint density at radius 3 is 2.75 bits per heavy atom. The summed E-state index contributed by atoms with van der Waals surface area (Å²) in [5.41, 5.74) is 2.65. The first kappa shape index (κ1) is 14.9. The summed E-state index contributed by atoms with van der Waals surface area (Å²) in [7, 11) is 1.66. The van der Waals surface area contributed by atoms with Crippen LogP contribution in [-0.2, 0) is 0 Å². The van der Waals surface area contributed by atoms with Gasteiger partial charge in [-0.1, -0.05) is 24.1 Å². The molecule has 1 fully saturated rings. The Morgan fingerprint density at radius 2 is 2.00 bits per heavy atom. The average Bonchev–Trinajstić information content (AvgIpc) is 3.33. The predicted octanol–water partition coefficient (Wildman–Crippen LogP) is 4.46. The molecule has 0 bridgehead atoms. The molecule has 2 aromatic heterocycles. The molecule has 1 aromatic carbocycles. The van der Waals surface area contributed by atoms with Gasteiger partial charge in [0.25, 0.3) is 5.89 Å². The molecule has 24 heavy (non-hydrogen) atoms. The molecule has 1 saturated carbocycles. The molecule has 0 aliphatic heterocycles. The molecule has 0 spiro atoms. The third-order valence-corrected chi connectivity index (χ3v) is 4.55. The van der Waals surface area contributed by atoms with Gasteiger partial charge in [-0.2, -0.15) is 4.98 Å². The highest BCUT2D eigenvalue weighted by Gasteiger charge is 2.23. The van der Waals surface area contributed by atoms with Crippen LogP contribution in [0.4, 0.5) is 0 Å². The number of methoxy groups -OCH3 is 1. The van der Waals surface area contributed by atoms with Gasteiger partial charge in [-0.25, -0.2) is 0 Å². The van der Waals surface area contributed by atoms with E-state index in [9.17, 15) is 0 Å². The molecule has 3 aromatic rings. The maximum absolute atomic E-state index is 5.51. The first-order valence-corrected chi connectivity index (χ1v) is 8.28. The first-order chi connectivity index (χ1) is 11.8. The van der Waals surface area contributed by atoms with Crippen molar-refractivity contribution in [2.45, 2.75) is 31.6 Å². The van der Waals surface area contributed by atoms with Crippen LogP contribution in [0.2, 0.25) is 0 Å². The summed E-state index contributed by atoms with van der Waals surface area (Å²) in [5.74, 6) is 2.60. The van der Waals surface area contributed by atoms with Crippen LogP contribution >= 0.6 is 0 Å². The SMILES string of the molecule is COc1ccc(-c2nc(C3CCCC3)no2)cc1-c1ccccn1. The molecular weight excluding hydrogens is 302 g/mol. The van der Waals surface area contributed by atoms with Gasteiger partial charge in [-0.05, 0) is 43.2 Å². The molecule has 1 aliphatic rings. The van der Waals surface area contributed by atoms with Gasteiger partial charge in [-0.3, -0.25) is 4.98 Å². The average molecular weight is 321 g/mol. The fourth-order valence-corrected chi connectivity index (χ4v) is 3.27. The second-order valence-corrected chi connectivity index (χ2v) is 6.07. The van der Waals surface area contributed by atoms with Crippen LogP contribution in [0, 0.1) is 0 Å². The minimum atomic E-state index is 0.441. The van der Waals surface area contributed by atoms with Crippen molar-refractivity contribution in [3.8, 4) is 28.5 Å². The molecule has 0 N–H and O–H groups in total. The van der Waals surface area contributed by atoms with Gasteiger partial charge >= 0.3 is 0 Å². The maximum Gasteiger partial charge on any atom is 0.257 e. The van der Waals surface area contributed by atoms with Crippen molar-refractivity contribution in [2.24, 2.45) is 0 Å². The van der Waals surface area contributed by atoms with E-state index in [-0.39, 0.29) is 0 Å². The van der Waals surface area contributed by atoms with E-state index in [1.54, 1.807) is 13.3 Å². The molecule has 0 atom stereocenters. The van der Waals surface area contributed by atoms with Crippen molar-refractivity contribution in [1.29, 1.82) is 0 Å². The van der Waals surface area contributed by atoms with E-state index in [1.807, 2.05) is 36.4 Å². The fourth-order valence-electron chi connectivity index (χ4n) is 3.27. The number of hydrogen-bond donors (Lipinski definition) is 0. The number of rotatable bonds is 4. The molecule has 5 heteroatoms. The van der Waals surface area contributed by atoms with Gasteiger partial charge in [0, 0.05) is 23.2 Å². The van der Waals surface area contributed by atoms with E-state index in [0.717, 1.165) is 41.2 Å². The van der Waals surface area contributed by atoms with Gasteiger partial charge in [0.15, 0.2) is 5.82 Å². The van der Waals surface area contributed by atoms with Gasteiger partial charge < -0.3 is 9.26 Å². The van der Waals surface area contributed by atoms with Crippen LogP contribution in [-0.4, -0.2) is 22.2 Å². The van der Waals surface area contributed by atoms with Crippen molar-refractivity contribution < 1.29 is 9.26 Å². The fraction of sp³-hybridized carbons (Fsp3) is 0.316. The van der Waals surface area contributed by atoms with Crippen molar-refractivity contribution in [3.63, 3.8) is 0 Å². The summed E-state index contributed by atoms with van der Waals surface area (Å²) < 4.78 is 11.0. The van der Waals surface area contributed by atoms with E-state index >= 15 is 0 Å². The zero-order valence-electron chi connectivity index (χ0n) is 13.6. The molecule has 5 nitrogen and oxygen atoms in total. The smallest absolute Gasteiger partial charge is 0.257 e. The molecule has 1 aliphatic carbocycles. The Hall–Kier alpha value is -2.69. The lowest BCUT2D eigenvalue weighted by Gasteiger charge is -2.08. The number of aromatic nitrogens is 3. The molecule has 2 heterocycles. The van der Waals surface area contributed by atoms with Gasteiger partial charge in [-0.15, -0.1) is 0 Å². The highest BCUT2D eigenvalue weighted by atomic mass is 16.5. The summed E-state index contributed by atoms with van der Waals surface area (Å²) in [5, 5.41) is 4.19. The van der Waals surface area contributed by atoms with Crippen molar-refractivity contribution >= 4 is 0 Å². The van der Waals surface area contributed by atoms with Gasteiger partial charge in [0.05, 0.1) is 12.8 Å². The zero-order chi connectivity index (χ0) is 16.4. The lowest BCUT2D eigenvalue weighted by Crippen LogP contribution is -1.94. The molecule has 0 radical (unpaired) electrons. The Bertz CT molecular complexity index is 824. The second kappa shape index (κ2) is 6.43. The lowest BCUT2D eigenvalue weighted by atomic mass is 10.1. The summed E-state index contributed by atoms with van der Waals surface area (Å²) >= 11 is 0. The largest absolute Gasteiger partial charge is 0.496 e. The molecule has 4 rings (SSSR count). The van der Waals surface area contributed by atoms with E-state index in [0.29, 0.717) is 11.8 Å². The van der Waals surface area contributed by atoms with E-state index < -0.39 is 0 Å². The normalized spacial score (nSPS) is 14.9. The van der Waals surface area contributed by atoms with Crippen LogP contribution < -0.4 is 4.74 Å². The number of benzene rings is 1. The van der Waals surface area contributed by atoms with Gasteiger partial charge in [0.2, 0.25) is 0 Å². The number of hydrogen-bond acceptors (Lipinski definition) is 5. The number of nitrogens with zero attached hydrogens (tertiary/aromatic N) is 3. The Labute approximate surface area is 140 Å².